The largest absolute Gasteiger partial charge is 0.391 e. The molecule has 6 heteroatoms. The summed E-state index contributed by atoms with van der Waals surface area (Å²) in [5.41, 5.74) is 0.245. The number of carbonyl (C=O) groups is 1. The zero-order chi connectivity index (χ0) is 12.1. The van der Waals surface area contributed by atoms with Gasteiger partial charge in [-0.05, 0) is 18.6 Å². The number of nitrogens with zero attached hydrogens (tertiary/aromatic N) is 1. The number of aliphatic hydroxyl groups is 1. The zero-order valence-electron chi connectivity index (χ0n) is 8.70. The van der Waals surface area contributed by atoms with E-state index in [1.165, 1.54) is 12.1 Å². The van der Waals surface area contributed by atoms with Crippen LogP contribution in [0.25, 0.3) is 0 Å². The lowest BCUT2D eigenvalue weighted by atomic mass is 10.2. The van der Waals surface area contributed by atoms with Crippen LogP contribution in [0, 0.1) is 0 Å². The first-order chi connectivity index (χ1) is 7.54. The molecule has 0 saturated heterocycles. The third kappa shape index (κ3) is 3.63. The van der Waals surface area contributed by atoms with Gasteiger partial charge in [-0.2, -0.15) is 0 Å². The second-order valence-electron chi connectivity index (χ2n) is 3.24. The molecular formula is C10H12Cl2N2O2. The first kappa shape index (κ1) is 13.2. The number of hydrogen-bond acceptors (Lipinski definition) is 3. The smallest absolute Gasteiger partial charge is 0.254 e. The van der Waals surface area contributed by atoms with Crippen molar-refractivity contribution in [3.8, 4) is 0 Å². The lowest BCUT2D eigenvalue weighted by Crippen LogP contribution is -2.31. The van der Waals surface area contributed by atoms with Crippen molar-refractivity contribution >= 4 is 29.1 Å². The summed E-state index contributed by atoms with van der Waals surface area (Å²) in [6, 6.07) is 2.98. The van der Waals surface area contributed by atoms with E-state index >= 15 is 0 Å². The van der Waals surface area contributed by atoms with E-state index in [2.05, 4.69) is 10.3 Å². The summed E-state index contributed by atoms with van der Waals surface area (Å²) in [4.78, 5) is 15.4. The van der Waals surface area contributed by atoms with Gasteiger partial charge >= 0.3 is 0 Å². The van der Waals surface area contributed by atoms with Gasteiger partial charge in [0.1, 0.15) is 10.3 Å². The molecular weight excluding hydrogens is 251 g/mol. The van der Waals surface area contributed by atoms with Gasteiger partial charge in [-0.3, -0.25) is 4.79 Å². The van der Waals surface area contributed by atoms with Crippen molar-refractivity contribution in [2.24, 2.45) is 0 Å². The van der Waals surface area contributed by atoms with Crippen molar-refractivity contribution in [2.45, 2.75) is 19.4 Å². The monoisotopic (exact) mass is 262 g/mol. The number of aliphatic hydroxyl groups excluding tert-OH is 1. The molecule has 0 aliphatic heterocycles. The molecule has 0 fully saturated rings. The van der Waals surface area contributed by atoms with Gasteiger partial charge in [0.2, 0.25) is 0 Å². The van der Waals surface area contributed by atoms with Gasteiger partial charge in [0.05, 0.1) is 11.7 Å². The van der Waals surface area contributed by atoms with E-state index in [1.54, 1.807) is 0 Å². The third-order valence-corrected chi connectivity index (χ3v) is 2.53. The van der Waals surface area contributed by atoms with E-state index in [1.807, 2.05) is 6.92 Å². The maximum atomic E-state index is 11.6. The molecule has 4 nitrogen and oxygen atoms in total. The Labute approximate surface area is 104 Å². The third-order valence-electron chi connectivity index (χ3n) is 2.03. The van der Waals surface area contributed by atoms with E-state index in [-0.39, 0.29) is 28.3 Å². The van der Waals surface area contributed by atoms with Crippen LogP contribution in [0.5, 0.6) is 0 Å². The molecule has 0 spiro atoms. The Morgan fingerprint density at radius 3 is 2.81 bits per heavy atom. The molecule has 0 bridgehead atoms. The zero-order valence-corrected chi connectivity index (χ0v) is 10.2. The van der Waals surface area contributed by atoms with E-state index in [0.717, 1.165) is 0 Å². The molecule has 1 aromatic heterocycles. The van der Waals surface area contributed by atoms with Crippen molar-refractivity contribution in [3.63, 3.8) is 0 Å². The van der Waals surface area contributed by atoms with Crippen LogP contribution in [0.4, 0.5) is 0 Å². The van der Waals surface area contributed by atoms with Gasteiger partial charge in [-0.25, -0.2) is 4.98 Å². The van der Waals surface area contributed by atoms with Crippen LogP contribution in [0.3, 0.4) is 0 Å². The highest BCUT2D eigenvalue weighted by Crippen LogP contribution is 2.16. The van der Waals surface area contributed by atoms with Gasteiger partial charge in [-0.1, -0.05) is 30.1 Å². The van der Waals surface area contributed by atoms with Gasteiger partial charge in [0.25, 0.3) is 5.91 Å². The number of nitrogens with one attached hydrogen (secondary N) is 1. The fraction of sp³-hybridized carbons (Fsp3) is 0.400. The quantitative estimate of drug-likeness (QED) is 0.815. The minimum absolute atomic E-state index is 0.0518. The summed E-state index contributed by atoms with van der Waals surface area (Å²) in [6.45, 7) is 2.02. The number of aromatic nitrogens is 1. The predicted molar refractivity (Wildman–Crippen MR) is 62.9 cm³/mol. The van der Waals surface area contributed by atoms with Gasteiger partial charge in [0.15, 0.2) is 0 Å². The van der Waals surface area contributed by atoms with Crippen LogP contribution in [0.2, 0.25) is 10.3 Å². The van der Waals surface area contributed by atoms with E-state index in [4.69, 9.17) is 23.2 Å². The molecule has 1 atom stereocenters. The maximum Gasteiger partial charge on any atom is 0.254 e. The van der Waals surface area contributed by atoms with Crippen molar-refractivity contribution in [1.29, 1.82) is 0 Å². The Balaban J connectivity index is 2.66. The Hall–Kier alpha value is -0.840. The van der Waals surface area contributed by atoms with Crippen molar-refractivity contribution in [1.82, 2.24) is 10.3 Å². The van der Waals surface area contributed by atoms with Crippen LogP contribution in [0.1, 0.15) is 23.7 Å². The molecule has 2 N–H and O–H groups in total. The molecule has 1 amide bonds. The molecule has 0 aromatic carbocycles. The van der Waals surface area contributed by atoms with Crippen LogP contribution >= 0.6 is 23.2 Å². The Morgan fingerprint density at radius 2 is 2.25 bits per heavy atom. The van der Waals surface area contributed by atoms with E-state index in [0.29, 0.717) is 6.42 Å². The second kappa shape index (κ2) is 6.03. The molecule has 0 aliphatic rings. The Bertz CT molecular complexity index is 385. The number of halogens is 2. The molecule has 0 aliphatic carbocycles. The fourth-order valence-corrected chi connectivity index (χ4v) is 1.46. The Kier molecular flexibility index (Phi) is 4.99. The van der Waals surface area contributed by atoms with Crippen molar-refractivity contribution in [2.75, 3.05) is 6.54 Å². The predicted octanol–water partition coefficient (Wildman–Crippen LogP) is 1.89. The summed E-state index contributed by atoms with van der Waals surface area (Å²) in [5, 5.41) is 12.1. The fourth-order valence-electron chi connectivity index (χ4n) is 1.03. The van der Waals surface area contributed by atoms with Crippen LogP contribution in [-0.4, -0.2) is 28.6 Å². The number of hydrogen-bond donors (Lipinski definition) is 2. The second-order valence-corrected chi connectivity index (χ2v) is 3.99. The lowest BCUT2D eigenvalue weighted by Gasteiger charge is -2.09. The summed E-state index contributed by atoms with van der Waals surface area (Å²) in [5.74, 6) is -0.373. The normalized spacial score (nSPS) is 12.2. The van der Waals surface area contributed by atoms with Crippen molar-refractivity contribution < 1.29 is 9.90 Å². The minimum atomic E-state index is -0.553. The molecule has 16 heavy (non-hydrogen) atoms. The minimum Gasteiger partial charge on any atom is -0.391 e. The summed E-state index contributed by atoms with van der Waals surface area (Å²) in [6.07, 6.45) is 0.0235. The summed E-state index contributed by atoms with van der Waals surface area (Å²) in [7, 11) is 0. The number of rotatable bonds is 4. The molecule has 1 heterocycles. The average molecular weight is 263 g/mol. The molecule has 0 radical (unpaired) electrons. The summed E-state index contributed by atoms with van der Waals surface area (Å²) < 4.78 is 0. The first-order valence-corrected chi connectivity index (χ1v) is 5.58. The standard InChI is InChI=1S/C10H12Cl2N2O2/c1-2-6(15)5-13-10(16)7-3-4-8(11)14-9(7)12/h3-4,6,15H,2,5H2,1H3,(H,13,16). The SMILES string of the molecule is CCC(O)CNC(=O)c1ccc(Cl)nc1Cl. The maximum absolute atomic E-state index is 11.6. The van der Waals surface area contributed by atoms with Gasteiger partial charge < -0.3 is 10.4 Å². The molecule has 1 aromatic rings. The molecule has 1 unspecified atom stereocenters. The highest BCUT2D eigenvalue weighted by Gasteiger charge is 2.12. The number of amides is 1. The number of pyridine rings is 1. The first-order valence-electron chi connectivity index (χ1n) is 4.83. The van der Waals surface area contributed by atoms with Crippen LogP contribution in [0.15, 0.2) is 12.1 Å². The van der Waals surface area contributed by atoms with Gasteiger partial charge in [-0.15, -0.1) is 0 Å². The van der Waals surface area contributed by atoms with E-state index in [9.17, 15) is 9.90 Å². The number of carbonyl (C=O) groups excluding carboxylic acids is 1. The molecule has 88 valence electrons. The van der Waals surface area contributed by atoms with Gasteiger partial charge in [0, 0.05) is 6.54 Å². The summed E-state index contributed by atoms with van der Waals surface area (Å²) >= 11 is 11.4. The molecule has 0 saturated carbocycles. The highest BCUT2D eigenvalue weighted by atomic mass is 35.5. The van der Waals surface area contributed by atoms with Crippen molar-refractivity contribution in [3.05, 3.63) is 28.0 Å². The Morgan fingerprint density at radius 1 is 1.56 bits per heavy atom. The highest BCUT2D eigenvalue weighted by molar-refractivity contribution is 6.34. The van der Waals surface area contributed by atoms with Crippen LogP contribution < -0.4 is 5.32 Å². The molecule has 1 rings (SSSR count). The van der Waals surface area contributed by atoms with Crippen LogP contribution in [-0.2, 0) is 0 Å². The lowest BCUT2D eigenvalue weighted by molar-refractivity contribution is 0.0913. The topological polar surface area (TPSA) is 62.2 Å². The average Bonchev–Trinajstić information content (AvgIpc) is 2.25. The van der Waals surface area contributed by atoms with E-state index < -0.39 is 6.10 Å².